The van der Waals surface area contributed by atoms with Gasteiger partial charge < -0.3 is 9.47 Å². The summed E-state index contributed by atoms with van der Waals surface area (Å²) < 4.78 is 11.2. The number of carbonyl (C=O) groups excluding carboxylic acids is 2. The largest absolute Gasteiger partial charge is 0.465 e. The summed E-state index contributed by atoms with van der Waals surface area (Å²) in [4.78, 5) is 24.7. The predicted octanol–water partition coefficient (Wildman–Crippen LogP) is 3.51. The quantitative estimate of drug-likeness (QED) is 0.554. The minimum absolute atomic E-state index is 0.236. The molecule has 0 saturated heterocycles. The predicted molar refractivity (Wildman–Crippen MR) is 83.8 cm³/mol. The molecule has 0 atom stereocenters. The molecule has 0 spiro atoms. The van der Waals surface area contributed by atoms with Crippen LogP contribution < -0.4 is 0 Å². The molecular weight excluding hydrogens is 336 g/mol. The van der Waals surface area contributed by atoms with Crippen molar-refractivity contribution in [3.63, 3.8) is 0 Å². The third-order valence-electron chi connectivity index (χ3n) is 3.36. The third-order valence-corrected chi connectivity index (χ3v) is 3.88. The first-order chi connectivity index (χ1) is 10.00. The van der Waals surface area contributed by atoms with E-state index in [1.165, 1.54) is 0 Å². The number of hydrogen-bond donors (Lipinski definition) is 0. The summed E-state index contributed by atoms with van der Waals surface area (Å²) in [6, 6.07) is 7.53. The second kappa shape index (κ2) is 8.17. The van der Waals surface area contributed by atoms with Crippen molar-refractivity contribution in [3.8, 4) is 0 Å². The molecule has 0 aromatic heterocycles. The average molecular weight is 357 g/mol. The summed E-state index contributed by atoms with van der Waals surface area (Å²) >= 11 is 3.37. The Balaban J connectivity index is 3.12. The lowest BCUT2D eigenvalue weighted by atomic mass is 9.79. The van der Waals surface area contributed by atoms with Gasteiger partial charge in [0.1, 0.15) is 0 Å². The van der Waals surface area contributed by atoms with Gasteiger partial charge in [-0.1, -0.05) is 35.0 Å². The molecule has 1 aromatic rings. The van der Waals surface area contributed by atoms with Crippen LogP contribution in [0.25, 0.3) is 0 Å². The highest BCUT2D eigenvalue weighted by molar-refractivity contribution is 9.10. The third kappa shape index (κ3) is 4.30. The fourth-order valence-corrected chi connectivity index (χ4v) is 2.39. The van der Waals surface area contributed by atoms with E-state index < -0.39 is 17.4 Å². The Morgan fingerprint density at radius 1 is 1.00 bits per heavy atom. The molecule has 0 fully saturated rings. The molecule has 0 unspecified atom stereocenters. The Morgan fingerprint density at radius 2 is 1.48 bits per heavy atom. The molecule has 0 radical (unpaired) electrons. The first-order valence-electron chi connectivity index (χ1n) is 7.09. The van der Waals surface area contributed by atoms with Gasteiger partial charge in [-0.25, -0.2) is 0 Å². The van der Waals surface area contributed by atoms with E-state index in [9.17, 15) is 9.59 Å². The van der Waals surface area contributed by atoms with Crippen molar-refractivity contribution in [1.82, 2.24) is 0 Å². The Labute approximate surface area is 133 Å². The highest BCUT2D eigenvalue weighted by atomic mass is 79.9. The van der Waals surface area contributed by atoms with E-state index in [2.05, 4.69) is 15.9 Å². The maximum Gasteiger partial charge on any atom is 0.323 e. The minimum atomic E-state index is -1.28. The SMILES string of the molecule is CCOC(=O)C(CC)(Cc1ccc(Br)cc1)C(=O)OCC. The van der Waals surface area contributed by atoms with E-state index in [1.807, 2.05) is 24.3 Å². The van der Waals surface area contributed by atoms with Gasteiger partial charge in [-0.05, 0) is 44.4 Å². The van der Waals surface area contributed by atoms with Crippen molar-refractivity contribution in [3.05, 3.63) is 34.3 Å². The Morgan fingerprint density at radius 3 is 1.86 bits per heavy atom. The van der Waals surface area contributed by atoms with Crippen LogP contribution in [0.1, 0.15) is 32.8 Å². The number of carbonyl (C=O) groups is 2. The molecule has 0 heterocycles. The summed E-state index contributed by atoms with van der Waals surface area (Å²) in [5.74, 6) is -1.04. The molecule has 0 N–H and O–H groups in total. The summed E-state index contributed by atoms with van der Waals surface area (Å²) in [5, 5.41) is 0. The Bertz CT molecular complexity index is 464. The molecule has 1 rings (SSSR count). The molecule has 4 nitrogen and oxygen atoms in total. The number of rotatable bonds is 7. The number of benzene rings is 1. The lowest BCUT2D eigenvalue weighted by Gasteiger charge is -2.28. The van der Waals surface area contributed by atoms with E-state index in [-0.39, 0.29) is 19.6 Å². The first-order valence-corrected chi connectivity index (χ1v) is 7.88. The molecule has 0 aliphatic rings. The number of halogens is 1. The highest BCUT2D eigenvalue weighted by Crippen LogP contribution is 2.31. The van der Waals surface area contributed by atoms with Gasteiger partial charge in [-0.3, -0.25) is 9.59 Å². The second-order valence-corrected chi connectivity index (χ2v) is 5.60. The monoisotopic (exact) mass is 356 g/mol. The second-order valence-electron chi connectivity index (χ2n) is 4.68. The van der Waals surface area contributed by atoms with Crippen LogP contribution in [0.3, 0.4) is 0 Å². The van der Waals surface area contributed by atoms with Crippen LogP contribution in [0, 0.1) is 5.41 Å². The van der Waals surface area contributed by atoms with Gasteiger partial charge in [0.2, 0.25) is 0 Å². The Hall–Kier alpha value is -1.36. The maximum atomic E-state index is 12.4. The van der Waals surface area contributed by atoms with Crippen molar-refractivity contribution < 1.29 is 19.1 Å². The van der Waals surface area contributed by atoms with Gasteiger partial charge in [-0.15, -0.1) is 0 Å². The van der Waals surface area contributed by atoms with Crippen LogP contribution in [0.4, 0.5) is 0 Å². The van der Waals surface area contributed by atoms with Crippen LogP contribution in [-0.4, -0.2) is 25.2 Å². The van der Waals surface area contributed by atoms with Gasteiger partial charge in [0.15, 0.2) is 5.41 Å². The van der Waals surface area contributed by atoms with E-state index >= 15 is 0 Å². The standard InChI is InChI=1S/C16H21BrO4/c1-4-16(14(18)20-5-2,15(19)21-6-3)11-12-7-9-13(17)10-8-12/h7-10H,4-6,11H2,1-3H3. The molecule has 5 heteroatoms. The number of esters is 2. The van der Waals surface area contributed by atoms with Crippen molar-refractivity contribution in [2.24, 2.45) is 5.41 Å². The van der Waals surface area contributed by atoms with E-state index in [0.717, 1.165) is 10.0 Å². The van der Waals surface area contributed by atoms with Gasteiger partial charge in [0.05, 0.1) is 13.2 Å². The van der Waals surface area contributed by atoms with Crippen LogP contribution in [0.2, 0.25) is 0 Å². The molecule has 116 valence electrons. The zero-order valence-electron chi connectivity index (χ0n) is 12.6. The molecule has 1 aromatic carbocycles. The number of hydrogen-bond acceptors (Lipinski definition) is 4. The zero-order chi connectivity index (χ0) is 15.9. The normalized spacial score (nSPS) is 11.0. The average Bonchev–Trinajstić information content (AvgIpc) is 2.47. The van der Waals surface area contributed by atoms with E-state index in [1.54, 1.807) is 20.8 Å². The first kappa shape index (κ1) is 17.7. The van der Waals surface area contributed by atoms with E-state index in [4.69, 9.17) is 9.47 Å². The van der Waals surface area contributed by atoms with Crippen molar-refractivity contribution >= 4 is 27.9 Å². The van der Waals surface area contributed by atoms with Crippen LogP contribution in [-0.2, 0) is 25.5 Å². The number of ether oxygens (including phenoxy) is 2. The van der Waals surface area contributed by atoms with Crippen LogP contribution in [0.5, 0.6) is 0 Å². The molecule has 0 amide bonds. The topological polar surface area (TPSA) is 52.6 Å². The summed E-state index contributed by atoms with van der Waals surface area (Å²) in [5.41, 5.74) is -0.388. The molecule has 0 saturated carbocycles. The smallest absolute Gasteiger partial charge is 0.323 e. The van der Waals surface area contributed by atoms with Crippen LogP contribution >= 0.6 is 15.9 Å². The van der Waals surface area contributed by atoms with Crippen molar-refractivity contribution in [2.45, 2.75) is 33.6 Å². The zero-order valence-corrected chi connectivity index (χ0v) is 14.2. The molecule has 0 aliphatic heterocycles. The fourth-order valence-electron chi connectivity index (χ4n) is 2.13. The van der Waals surface area contributed by atoms with Gasteiger partial charge in [0, 0.05) is 4.47 Å². The fraction of sp³-hybridized carbons (Fsp3) is 0.500. The van der Waals surface area contributed by atoms with Crippen LogP contribution in [0.15, 0.2) is 28.7 Å². The van der Waals surface area contributed by atoms with Crippen molar-refractivity contribution in [1.29, 1.82) is 0 Å². The highest BCUT2D eigenvalue weighted by Gasteiger charge is 2.47. The summed E-state index contributed by atoms with van der Waals surface area (Å²) in [6.07, 6.45) is 0.606. The van der Waals surface area contributed by atoms with Gasteiger partial charge in [-0.2, -0.15) is 0 Å². The molecule has 21 heavy (non-hydrogen) atoms. The molecule has 0 bridgehead atoms. The summed E-state index contributed by atoms with van der Waals surface area (Å²) in [7, 11) is 0. The van der Waals surface area contributed by atoms with E-state index in [0.29, 0.717) is 6.42 Å². The lowest BCUT2D eigenvalue weighted by molar-refractivity contribution is -0.172. The summed E-state index contributed by atoms with van der Waals surface area (Å²) in [6.45, 7) is 5.72. The van der Waals surface area contributed by atoms with Gasteiger partial charge >= 0.3 is 11.9 Å². The minimum Gasteiger partial charge on any atom is -0.465 e. The van der Waals surface area contributed by atoms with Gasteiger partial charge in [0.25, 0.3) is 0 Å². The lowest BCUT2D eigenvalue weighted by Crippen LogP contribution is -2.43. The molecular formula is C16H21BrO4. The molecule has 0 aliphatic carbocycles. The maximum absolute atomic E-state index is 12.4. The van der Waals surface area contributed by atoms with Crippen molar-refractivity contribution in [2.75, 3.05) is 13.2 Å². The Kier molecular flexibility index (Phi) is 6.89.